The summed E-state index contributed by atoms with van der Waals surface area (Å²) in [4.78, 5) is 2.11. The third-order valence-electron chi connectivity index (χ3n) is 3.55. The van der Waals surface area contributed by atoms with Crippen molar-refractivity contribution in [1.29, 1.82) is 0 Å². The summed E-state index contributed by atoms with van der Waals surface area (Å²) in [7, 11) is 1.64. The highest BCUT2D eigenvalue weighted by molar-refractivity contribution is 5.49. The van der Waals surface area contributed by atoms with E-state index in [0.717, 1.165) is 11.4 Å². The molecule has 0 bridgehead atoms. The van der Waals surface area contributed by atoms with Gasteiger partial charge < -0.3 is 19.8 Å². The van der Waals surface area contributed by atoms with Crippen LogP contribution in [-0.2, 0) is 6.54 Å². The first-order valence-corrected chi connectivity index (χ1v) is 7.44. The van der Waals surface area contributed by atoms with Crippen LogP contribution in [0.15, 0.2) is 54.6 Å². The van der Waals surface area contributed by atoms with Crippen LogP contribution in [0, 0.1) is 0 Å². The number of anilines is 1. The fraction of sp³-hybridized carbons (Fsp3) is 0.333. The maximum Gasteiger partial charge on any atom is 0.119 e. The fourth-order valence-electron chi connectivity index (χ4n) is 2.35. The monoisotopic (exact) mass is 301 g/mol. The van der Waals surface area contributed by atoms with E-state index < -0.39 is 6.10 Å². The molecule has 4 heteroatoms. The Bertz CT molecular complexity index is 542. The highest BCUT2D eigenvalue weighted by Gasteiger charge is 2.13. The number of nitrogens with zero attached hydrogens (tertiary/aromatic N) is 1. The molecule has 0 saturated heterocycles. The van der Waals surface area contributed by atoms with E-state index in [2.05, 4.69) is 17.0 Å². The molecule has 0 radical (unpaired) electrons. The lowest BCUT2D eigenvalue weighted by molar-refractivity contribution is 0.137. The Morgan fingerprint density at radius 1 is 1.05 bits per heavy atom. The van der Waals surface area contributed by atoms with Gasteiger partial charge in [-0.1, -0.05) is 30.3 Å². The molecule has 0 amide bonds. The van der Waals surface area contributed by atoms with Crippen LogP contribution in [0.4, 0.5) is 5.69 Å². The molecule has 0 aromatic heterocycles. The van der Waals surface area contributed by atoms with Crippen LogP contribution < -0.4 is 9.64 Å². The molecule has 0 aliphatic heterocycles. The molecular weight excluding hydrogens is 278 g/mol. The van der Waals surface area contributed by atoms with Crippen molar-refractivity contribution in [3.8, 4) is 5.75 Å². The van der Waals surface area contributed by atoms with Crippen molar-refractivity contribution in [2.75, 3.05) is 25.2 Å². The van der Waals surface area contributed by atoms with Crippen molar-refractivity contribution in [2.24, 2.45) is 0 Å². The standard InChI is InChI=1S/C18H23NO3/c1-22-18-9-7-16(8-10-18)19(14-17(21)11-12-20)13-15-5-3-2-4-6-15/h2-10,17,20-21H,11-14H2,1H3. The average Bonchev–Trinajstić information content (AvgIpc) is 2.55. The topological polar surface area (TPSA) is 52.9 Å². The van der Waals surface area contributed by atoms with Crippen LogP contribution in [0.1, 0.15) is 12.0 Å². The number of rotatable bonds is 8. The molecular formula is C18H23NO3. The SMILES string of the molecule is COc1ccc(N(Cc2ccccc2)CC(O)CCO)cc1. The summed E-state index contributed by atoms with van der Waals surface area (Å²) in [6, 6.07) is 17.9. The highest BCUT2D eigenvalue weighted by atomic mass is 16.5. The Morgan fingerprint density at radius 2 is 1.73 bits per heavy atom. The van der Waals surface area contributed by atoms with Crippen LogP contribution in [-0.4, -0.2) is 36.6 Å². The summed E-state index contributed by atoms with van der Waals surface area (Å²) < 4.78 is 5.19. The molecule has 0 heterocycles. The summed E-state index contributed by atoms with van der Waals surface area (Å²) in [5.74, 6) is 0.805. The lowest BCUT2D eigenvalue weighted by Gasteiger charge is -2.27. The van der Waals surface area contributed by atoms with E-state index in [1.54, 1.807) is 7.11 Å². The first kappa shape index (κ1) is 16.3. The minimum atomic E-state index is -0.559. The number of hydrogen-bond acceptors (Lipinski definition) is 4. The zero-order valence-electron chi connectivity index (χ0n) is 12.9. The zero-order chi connectivity index (χ0) is 15.8. The molecule has 0 fully saturated rings. The van der Waals surface area contributed by atoms with Crippen molar-refractivity contribution < 1.29 is 14.9 Å². The Labute approximate surface area is 131 Å². The Kier molecular flexibility index (Phi) is 6.25. The third kappa shape index (κ3) is 4.76. The second-order valence-corrected chi connectivity index (χ2v) is 5.23. The van der Waals surface area contributed by atoms with Crippen molar-refractivity contribution in [2.45, 2.75) is 19.1 Å². The molecule has 4 nitrogen and oxygen atoms in total. The van der Waals surface area contributed by atoms with Gasteiger partial charge in [-0.2, -0.15) is 0 Å². The normalized spacial score (nSPS) is 12.0. The van der Waals surface area contributed by atoms with Crippen LogP contribution in [0.2, 0.25) is 0 Å². The molecule has 2 N–H and O–H groups in total. The lowest BCUT2D eigenvalue weighted by atomic mass is 10.1. The first-order valence-electron chi connectivity index (χ1n) is 7.44. The molecule has 22 heavy (non-hydrogen) atoms. The smallest absolute Gasteiger partial charge is 0.119 e. The van der Waals surface area contributed by atoms with Gasteiger partial charge in [-0.25, -0.2) is 0 Å². The van der Waals surface area contributed by atoms with Crippen LogP contribution in [0.5, 0.6) is 5.75 Å². The van der Waals surface area contributed by atoms with Crippen molar-refractivity contribution in [3.05, 3.63) is 60.2 Å². The van der Waals surface area contributed by atoms with Gasteiger partial charge in [0.15, 0.2) is 0 Å². The highest BCUT2D eigenvalue weighted by Crippen LogP contribution is 2.21. The van der Waals surface area contributed by atoms with Gasteiger partial charge in [-0.15, -0.1) is 0 Å². The number of aliphatic hydroxyl groups excluding tert-OH is 2. The van der Waals surface area contributed by atoms with Crippen LogP contribution >= 0.6 is 0 Å². The lowest BCUT2D eigenvalue weighted by Crippen LogP contribution is -2.32. The van der Waals surface area contributed by atoms with Crippen molar-refractivity contribution >= 4 is 5.69 Å². The van der Waals surface area contributed by atoms with Crippen molar-refractivity contribution in [3.63, 3.8) is 0 Å². The van der Waals surface area contributed by atoms with Gasteiger partial charge in [0.05, 0.1) is 13.2 Å². The van der Waals surface area contributed by atoms with Crippen LogP contribution in [0.3, 0.4) is 0 Å². The van der Waals surface area contributed by atoms with Gasteiger partial charge in [0, 0.05) is 25.4 Å². The number of hydrogen-bond donors (Lipinski definition) is 2. The average molecular weight is 301 g/mol. The molecule has 1 atom stereocenters. The quantitative estimate of drug-likeness (QED) is 0.786. The van der Waals surface area contributed by atoms with Gasteiger partial charge in [0.2, 0.25) is 0 Å². The van der Waals surface area contributed by atoms with E-state index in [0.29, 0.717) is 19.5 Å². The second-order valence-electron chi connectivity index (χ2n) is 5.23. The number of ether oxygens (including phenoxy) is 1. The molecule has 0 saturated carbocycles. The maximum absolute atomic E-state index is 10.0. The molecule has 118 valence electrons. The van der Waals surface area contributed by atoms with Gasteiger partial charge in [-0.3, -0.25) is 0 Å². The summed E-state index contributed by atoms with van der Waals surface area (Å²) in [6.45, 7) is 1.17. The molecule has 2 rings (SSSR count). The molecule has 2 aromatic carbocycles. The minimum absolute atomic E-state index is 0.0110. The summed E-state index contributed by atoms with van der Waals surface area (Å²) in [6.07, 6.45) is -0.183. The minimum Gasteiger partial charge on any atom is -0.497 e. The predicted octanol–water partition coefficient (Wildman–Crippen LogP) is 2.45. The van der Waals surface area contributed by atoms with Crippen LogP contribution in [0.25, 0.3) is 0 Å². The third-order valence-corrected chi connectivity index (χ3v) is 3.55. The summed E-state index contributed by atoms with van der Waals surface area (Å²) in [5.41, 5.74) is 2.19. The van der Waals surface area contributed by atoms with E-state index in [9.17, 15) is 5.11 Å². The van der Waals surface area contributed by atoms with Gasteiger partial charge in [-0.05, 0) is 36.2 Å². The Balaban J connectivity index is 2.15. The fourth-order valence-corrected chi connectivity index (χ4v) is 2.35. The van der Waals surface area contributed by atoms with E-state index in [1.807, 2.05) is 42.5 Å². The molecule has 0 aliphatic rings. The summed E-state index contributed by atoms with van der Waals surface area (Å²) in [5, 5.41) is 19.0. The van der Waals surface area contributed by atoms with E-state index in [1.165, 1.54) is 5.56 Å². The Hall–Kier alpha value is -2.04. The van der Waals surface area contributed by atoms with E-state index in [4.69, 9.17) is 9.84 Å². The summed E-state index contributed by atoms with van der Waals surface area (Å²) >= 11 is 0. The molecule has 0 aliphatic carbocycles. The molecule has 1 unspecified atom stereocenters. The van der Waals surface area contributed by atoms with E-state index >= 15 is 0 Å². The largest absolute Gasteiger partial charge is 0.497 e. The number of benzene rings is 2. The number of aliphatic hydroxyl groups is 2. The van der Waals surface area contributed by atoms with Crippen molar-refractivity contribution in [1.82, 2.24) is 0 Å². The maximum atomic E-state index is 10.0. The molecule has 2 aromatic rings. The van der Waals surface area contributed by atoms with Gasteiger partial charge >= 0.3 is 0 Å². The predicted molar refractivity (Wildman–Crippen MR) is 88.2 cm³/mol. The van der Waals surface area contributed by atoms with Gasteiger partial charge in [0.25, 0.3) is 0 Å². The molecule has 0 spiro atoms. The van der Waals surface area contributed by atoms with E-state index in [-0.39, 0.29) is 6.61 Å². The van der Waals surface area contributed by atoms with Gasteiger partial charge in [0.1, 0.15) is 5.75 Å². The zero-order valence-corrected chi connectivity index (χ0v) is 12.9. The number of methoxy groups -OCH3 is 1. The second kappa shape index (κ2) is 8.41. The first-order chi connectivity index (χ1) is 10.7. The Morgan fingerprint density at radius 3 is 2.32 bits per heavy atom.